The molecule has 128 valence electrons. The molecule has 3 aromatic rings. The van der Waals surface area contributed by atoms with Gasteiger partial charge in [0.1, 0.15) is 4.88 Å². The smallest absolute Gasteiger partial charge is 0.281 e. The van der Waals surface area contributed by atoms with E-state index in [1.807, 2.05) is 42.5 Å². The normalized spacial score (nSPS) is 10.4. The van der Waals surface area contributed by atoms with Crippen molar-refractivity contribution < 1.29 is 4.79 Å². The third-order valence-electron chi connectivity index (χ3n) is 3.57. The van der Waals surface area contributed by atoms with Crippen molar-refractivity contribution in [3.63, 3.8) is 0 Å². The predicted molar refractivity (Wildman–Crippen MR) is 108 cm³/mol. The van der Waals surface area contributed by atoms with Crippen LogP contribution in [-0.2, 0) is 6.42 Å². The maximum atomic E-state index is 12.3. The molecule has 0 saturated heterocycles. The number of halogens is 1. The van der Waals surface area contributed by atoms with E-state index in [-0.39, 0.29) is 5.91 Å². The lowest BCUT2D eigenvalue weighted by atomic mass is 10.1. The monoisotopic (exact) mass is 389 g/mol. The molecule has 3 N–H and O–H groups in total. The highest BCUT2D eigenvalue weighted by Crippen LogP contribution is 2.34. The molecule has 25 heavy (non-hydrogen) atoms. The van der Waals surface area contributed by atoms with Gasteiger partial charge in [-0.2, -0.15) is 0 Å². The van der Waals surface area contributed by atoms with Gasteiger partial charge in [-0.25, -0.2) is 0 Å². The van der Waals surface area contributed by atoms with Gasteiger partial charge in [0.15, 0.2) is 5.11 Å². The number of hydrogen-bond donors (Lipinski definition) is 3. The minimum Gasteiger partial charge on any atom is -0.361 e. The lowest BCUT2D eigenvalue weighted by molar-refractivity contribution is 0.0948. The number of benzene rings is 2. The summed E-state index contributed by atoms with van der Waals surface area (Å²) in [6.07, 6.45) is 0.846. The van der Waals surface area contributed by atoms with Crippen molar-refractivity contribution in [1.82, 2.24) is 16.2 Å². The van der Waals surface area contributed by atoms with Crippen LogP contribution >= 0.6 is 35.2 Å². The lowest BCUT2D eigenvalue weighted by Gasteiger charge is -2.11. The number of fused-ring (bicyclic) bond motifs is 1. The Hall–Kier alpha value is -2.15. The Morgan fingerprint density at radius 2 is 1.76 bits per heavy atom. The summed E-state index contributed by atoms with van der Waals surface area (Å²) in [6.45, 7) is 0.676. The number of thiophene rings is 1. The van der Waals surface area contributed by atoms with E-state index in [9.17, 15) is 4.79 Å². The van der Waals surface area contributed by atoms with Crippen LogP contribution in [-0.4, -0.2) is 17.6 Å². The number of hydrogen-bond acceptors (Lipinski definition) is 3. The average Bonchev–Trinajstić information content (AvgIpc) is 2.98. The van der Waals surface area contributed by atoms with Crippen molar-refractivity contribution in [3.05, 3.63) is 70.1 Å². The molecule has 1 heterocycles. The van der Waals surface area contributed by atoms with E-state index < -0.39 is 0 Å². The molecule has 2 aromatic carbocycles. The molecule has 1 aromatic heterocycles. The molecule has 0 aliphatic heterocycles. The van der Waals surface area contributed by atoms with Gasteiger partial charge in [-0.1, -0.05) is 60.1 Å². The number of hydrazine groups is 1. The first-order valence-electron chi connectivity index (χ1n) is 7.70. The van der Waals surface area contributed by atoms with Crippen LogP contribution in [0.25, 0.3) is 10.1 Å². The number of carbonyl (C=O) groups excluding carboxylic acids is 1. The Kier molecular flexibility index (Phi) is 5.86. The first-order chi connectivity index (χ1) is 12.1. The Labute approximate surface area is 160 Å². The molecule has 0 aliphatic carbocycles. The fraction of sp³-hybridized carbons (Fsp3) is 0.111. The van der Waals surface area contributed by atoms with Crippen molar-refractivity contribution in [1.29, 1.82) is 0 Å². The molecule has 0 saturated carbocycles. The fourth-order valence-electron chi connectivity index (χ4n) is 2.34. The SMILES string of the molecule is O=C(NNC(=S)NCCc1ccccc1)c1sc2ccccc2c1Cl. The molecular formula is C18H16ClN3OS2. The van der Waals surface area contributed by atoms with Gasteiger partial charge in [-0.05, 0) is 30.3 Å². The van der Waals surface area contributed by atoms with Gasteiger partial charge in [0.25, 0.3) is 5.91 Å². The van der Waals surface area contributed by atoms with Crippen LogP contribution in [0.3, 0.4) is 0 Å². The van der Waals surface area contributed by atoms with Crippen molar-refractivity contribution in [2.24, 2.45) is 0 Å². The van der Waals surface area contributed by atoms with Crippen LogP contribution in [0.15, 0.2) is 54.6 Å². The minimum atomic E-state index is -0.307. The third kappa shape index (κ3) is 4.48. The van der Waals surface area contributed by atoms with E-state index in [4.69, 9.17) is 23.8 Å². The van der Waals surface area contributed by atoms with Crippen LogP contribution in [0.1, 0.15) is 15.2 Å². The molecule has 3 rings (SSSR count). The number of nitrogens with one attached hydrogen (secondary N) is 3. The quantitative estimate of drug-likeness (QED) is 0.468. The predicted octanol–water partition coefficient (Wildman–Crippen LogP) is 3.91. The standard InChI is InChI=1S/C18H16ClN3OS2/c19-15-13-8-4-5-9-14(13)25-16(15)17(23)21-22-18(24)20-11-10-12-6-2-1-3-7-12/h1-9H,10-11H2,(H,21,23)(H2,20,22,24). The highest BCUT2D eigenvalue weighted by atomic mass is 35.5. The Morgan fingerprint density at radius 3 is 2.52 bits per heavy atom. The molecule has 4 nitrogen and oxygen atoms in total. The molecule has 0 spiro atoms. The van der Waals surface area contributed by atoms with Gasteiger partial charge in [0.05, 0.1) is 5.02 Å². The van der Waals surface area contributed by atoms with E-state index >= 15 is 0 Å². The summed E-state index contributed by atoms with van der Waals surface area (Å²) in [5.41, 5.74) is 6.51. The van der Waals surface area contributed by atoms with Gasteiger partial charge in [0, 0.05) is 16.6 Å². The summed E-state index contributed by atoms with van der Waals surface area (Å²) in [7, 11) is 0. The number of amides is 1. The molecule has 0 bridgehead atoms. The van der Waals surface area contributed by atoms with Crippen LogP contribution in [0.5, 0.6) is 0 Å². The highest BCUT2D eigenvalue weighted by molar-refractivity contribution is 7.80. The minimum absolute atomic E-state index is 0.307. The van der Waals surface area contributed by atoms with E-state index in [2.05, 4.69) is 28.3 Å². The van der Waals surface area contributed by atoms with Crippen molar-refractivity contribution in [2.75, 3.05) is 6.54 Å². The maximum absolute atomic E-state index is 12.3. The molecule has 0 radical (unpaired) electrons. The van der Waals surface area contributed by atoms with Gasteiger partial charge in [0.2, 0.25) is 0 Å². The van der Waals surface area contributed by atoms with Crippen LogP contribution in [0, 0.1) is 0 Å². The van der Waals surface area contributed by atoms with Crippen LogP contribution in [0.2, 0.25) is 5.02 Å². The molecule has 1 amide bonds. The average molecular weight is 390 g/mol. The zero-order valence-electron chi connectivity index (χ0n) is 13.2. The highest BCUT2D eigenvalue weighted by Gasteiger charge is 2.16. The summed E-state index contributed by atoms with van der Waals surface area (Å²) in [5, 5.41) is 4.76. The third-order valence-corrected chi connectivity index (χ3v) is 5.49. The maximum Gasteiger partial charge on any atom is 0.281 e. The van der Waals surface area contributed by atoms with E-state index in [1.165, 1.54) is 16.9 Å². The molecule has 0 unspecified atom stereocenters. The molecule has 0 atom stereocenters. The second-order valence-electron chi connectivity index (χ2n) is 5.31. The molecule has 0 fully saturated rings. The molecule has 7 heteroatoms. The summed E-state index contributed by atoms with van der Waals surface area (Å²) < 4.78 is 0.973. The van der Waals surface area contributed by atoms with Gasteiger partial charge in [-0.3, -0.25) is 15.6 Å². The lowest BCUT2D eigenvalue weighted by Crippen LogP contribution is -2.47. The Bertz CT molecular complexity index is 896. The first kappa shape index (κ1) is 17.7. The van der Waals surface area contributed by atoms with E-state index in [1.54, 1.807) is 0 Å². The Morgan fingerprint density at radius 1 is 1.04 bits per heavy atom. The summed E-state index contributed by atoms with van der Waals surface area (Å²) in [5.74, 6) is -0.307. The second kappa shape index (κ2) is 8.29. The van der Waals surface area contributed by atoms with Crippen molar-refractivity contribution in [3.8, 4) is 0 Å². The van der Waals surface area contributed by atoms with Gasteiger partial charge < -0.3 is 5.32 Å². The summed E-state index contributed by atoms with van der Waals surface area (Å²) in [4.78, 5) is 12.8. The largest absolute Gasteiger partial charge is 0.361 e. The second-order valence-corrected chi connectivity index (χ2v) is 7.15. The number of carbonyl (C=O) groups is 1. The molecular weight excluding hydrogens is 374 g/mol. The summed E-state index contributed by atoms with van der Waals surface area (Å²) in [6, 6.07) is 17.7. The topological polar surface area (TPSA) is 53.2 Å². The van der Waals surface area contributed by atoms with E-state index in [0.717, 1.165) is 16.5 Å². The Balaban J connectivity index is 1.49. The van der Waals surface area contributed by atoms with Crippen LogP contribution < -0.4 is 16.2 Å². The zero-order valence-corrected chi connectivity index (χ0v) is 15.6. The van der Waals surface area contributed by atoms with Gasteiger partial charge in [-0.15, -0.1) is 11.3 Å². The van der Waals surface area contributed by atoms with E-state index in [0.29, 0.717) is 21.6 Å². The summed E-state index contributed by atoms with van der Waals surface area (Å²) >= 11 is 12.8. The van der Waals surface area contributed by atoms with Crippen molar-refractivity contribution >= 4 is 56.3 Å². The van der Waals surface area contributed by atoms with Crippen LogP contribution in [0.4, 0.5) is 0 Å². The molecule has 0 aliphatic rings. The fourth-order valence-corrected chi connectivity index (χ4v) is 3.90. The zero-order chi connectivity index (χ0) is 17.6. The first-order valence-corrected chi connectivity index (χ1v) is 9.30. The number of thiocarbonyl (C=S) groups is 1. The van der Waals surface area contributed by atoms with Crippen molar-refractivity contribution in [2.45, 2.75) is 6.42 Å². The van der Waals surface area contributed by atoms with Gasteiger partial charge >= 0.3 is 0 Å². The number of rotatable bonds is 4.